The number of carbonyl (C=O) groups is 1. The highest BCUT2D eigenvalue weighted by molar-refractivity contribution is 6.09. The van der Waals surface area contributed by atoms with Crippen molar-refractivity contribution in [2.75, 3.05) is 0 Å². The number of aryl methyl sites for hydroxylation is 1. The third-order valence-corrected chi connectivity index (χ3v) is 5.35. The molecule has 5 aromatic rings. The molecule has 0 radical (unpaired) electrons. The maximum Gasteiger partial charge on any atom is 0.294 e. The van der Waals surface area contributed by atoms with Gasteiger partial charge in [-0.25, -0.2) is 9.67 Å². The van der Waals surface area contributed by atoms with Crippen LogP contribution in [0.4, 0.5) is 5.69 Å². The first-order valence-electron chi connectivity index (χ1n) is 9.73. The van der Waals surface area contributed by atoms with Gasteiger partial charge in [0.2, 0.25) is 0 Å². The SMILES string of the molecule is Cc1[nH]c2ccccc2c1C(=O)Cn1cnc2c(cnn2-c2ccccc2[N+](=O)[O-])c1=O. The smallest absolute Gasteiger partial charge is 0.294 e. The summed E-state index contributed by atoms with van der Waals surface area (Å²) >= 11 is 0. The Kier molecular flexibility index (Phi) is 4.40. The monoisotopic (exact) mass is 428 g/mol. The number of para-hydroxylation sites is 3. The van der Waals surface area contributed by atoms with Crippen LogP contribution in [0.5, 0.6) is 0 Å². The Morgan fingerprint density at radius 2 is 1.88 bits per heavy atom. The standard InChI is InChI=1S/C22H16N6O4/c1-13-20(14-6-2-3-7-16(14)25-13)19(29)11-26-12-23-21-15(22(26)30)10-24-27(21)17-8-4-5-9-18(17)28(31)32/h2-10,12,25H,11H2,1H3. The molecule has 5 rings (SSSR count). The average molecular weight is 428 g/mol. The van der Waals surface area contributed by atoms with Gasteiger partial charge < -0.3 is 4.98 Å². The lowest BCUT2D eigenvalue weighted by Gasteiger charge is -2.07. The number of nitro groups is 1. The zero-order valence-corrected chi connectivity index (χ0v) is 16.8. The second-order valence-electron chi connectivity index (χ2n) is 7.31. The number of nitrogens with zero attached hydrogens (tertiary/aromatic N) is 5. The van der Waals surface area contributed by atoms with Crippen LogP contribution in [0, 0.1) is 17.0 Å². The molecule has 0 unspecified atom stereocenters. The van der Waals surface area contributed by atoms with E-state index in [2.05, 4.69) is 15.1 Å². The van der Waals surface area contributed by atoms with Crippen LogP contribution in [0.1, 0.15) is 16.1 Å². The normalized spacial score (nSPS) is 11.3. The number of aromatic amines is 1. The first-order valence-corrected chi connectivity index (χ1v) is 9.73. The van der Waals surface area contributed by atoms with Crippen molar-refractivity contribution < 1.29 is 9.72 Å². The Morgan fingerprint density at radius 1 is 1.12 bits per heavy atom. The van der Waals surface area contributed by atoms with Crippen LogP contribution in [-0.4, -0.2) is 35.0 Å². The summed E-state index contributed by atoms with van der Waals surface area (Å²) < 4.78 is 2.47. The van der Waals surface area contributed by atoms with Crippen molar-refractivity contribution in [3.8, 4) is 5.69 Å². The Morgan fingerprint density at radius 3 is 2.69 bits per heavy atom. The van der Waals surface area contributed by atoms with Gasteiger partial charge in [-0.15, -0.1) is 0 Å². The summed E-state index contributed by atoms with van der Waals surface area (Å²) in [5.74, 6) is -0.228. The second kappa shape index (κ2) is 7.27. The van der Waals surface area contributed by atoms with Gasteiger partial charge in [0.15, 0.2) is 11.4 Å². The summed E-state index contributed by atoms with van der Waals surface area (Å²) in [6.45, 7) is 1.62. The van der Waals surface area contributed by atoms with E-state index >= 15 is 0 Å². The zero-order valence-electron chi connectivity index (χ0n) is 16.8. The fraction of sp³-hybridized carbons (Fsp3) is 0.0909. The lowest BCUT2D eigenvalue weighted by molar-refractivity contribution is -0.384. The highest BCUT2D eigenvalue weighted by Gasteiger charge is 2.21. The summed E-state index contributed by atoms with van der Waals surface area (Å²) in [6, 6.07) is 13.5. The van der Waals surface area contributed by atoms with Crippen LogP contribution in [0.15, 0.2) is 65.8 Å². The predicted molar refractivity (Wildman–Crippen MR) is 117 cm³/mol. The second-order valence-corrected chi connectivity index (χ2v) is 7.31. The minimum Gasteiger partial charge on any atom is -0.358 e. The first kappa shape index (κ1) is 19.4. The quantitative estimate of drug-likeness (QED) is 0.260. The number of fused-ring (bicyclic) bond motifs is 2. The van der Waals surface area contributed by atoms with Crippen LogP contribution in [0.25, 0.3) is 27.6 Å². The van der Waals surface area contributed by atoms with E-state index in [1.807, 2.05) is 31.2 Å². The summed E-state index contributed by atoms with van der Waals surface area (Å²) in [7, 11) is 0. The van der Waals surface area contributed by atoms with E-state index < -0.39 is 10.5 Å². The summed E-state index contributed by atoms with van der Waals surface area (Å²) in [4.78, 5) is 44.4. The van der Waals surface area contributed by atoms with Crippen molar-refractivity contribution >= 4 is 33.4 Å². The maximum absolute atomic E-state index is 13.0. The number of aromatic nitrogens is 5. The van der Waals surface area contributed by atoms with Gasteiger partial charge in [0, 0.05) is 28.2 Å². The highest BCUT2D eigenvalue weighted by atomic mass is 16.6. The number of hydrogen-bond acceptors (Lipinski definition) is 6. The van der Waals surface area contributed by atoms with Crippen molar-refractivity contribution in [3.63, 3.8) is 0 Å². The molecule has 0 aliphatic carbocycles. The van der Waals surface area contributed by atoms with Crippen molar-refractivity contribution in [3.05, 3.63) is 92.8 Å². The van der Waals surface area contributed by atoms with Crippen molar-refractivity contribution in [1.29, 1.82) is 0 Å². The molecule has 10 nitrogen and oxygen atoms in total. The number of H-pyrrole nitrogens is 1. The lowest BCUT2D eigenvalue weighted by Crippen LogP contribution is -2.25. The molecule has 0 bridgehead atoms. The average Bonchev–Trinajstić information content (AvgIpc) is 3.36. The zero-order chi connectivity index (χ0) is 22.4. The van der Waals surface area contributed by atoms with E-state index in [1.54, 1.807) is 12.1 Å². The molecule has 0 amide bonds. The number of nitrogens with one attached hydrogen (secondary N) is 1. The van der Waals surface area contributed by atoms with Gasteiger partial charge in [-0.05, 0) is 19.1 Å². The van der Waals surface area contributed by atoms with Crippen LogP contribution < -0.4 is 5.56 Å². The largest absolute Gasteiger partial charge is 0.358 e. The molecule has 3 aromatic heterocycles. The third kappa shape index (κ3) is 2.97. The molecule has 3 heterocycles. The Balaban J connectivity index is 1.56. The summed E-state index contributed by atoms with van der Waals surface area (Å²) in [5, 5.41) is 16.5. The molecular weight excluding hydrogens is 412 g/mol. The van der Waals surface area contributed by atoms with Crippen LogP contribution in [-0.2, 0) is 6.54 Å². The fourth-order valence-corrected chi connectivity index (χ4v) is 3.90. The van der Waals surface area contributed by atoms with Crippen LogP contribution in [0.3, 0.4) is 0 Å². The molecular formula is C22H16N6O4. The van der Waals surface area contributed by atoms with E-state index in [0.717, 1.165) is 16.6 Å². The number of carbonyl (C=O) groups excluding carboxylic acids is 1. The molecule has 0 fully saturated rings. The van der Waals surface area contributed by atoms with E-state index in [1.165, 1.54) is 33.9 Å². The maximum atomic E-state index is 13.0. The number of Topliss-reactive ketones (excluding diaryl/α,β-unsaturated/α-hetero) is 1. The first-order chi connectivity index (χ1) is 15.5. The molecule has 32 heavy (non-hydrogen) atoms. The van der Waals surface area contributed by atoms with Gasteiger partial charge in [0.1, 0.15) is 17.4 Å². The van der Waals surface area contributed by atoms with E-state index in [9.17, 15) is 19.7 Å². The molecule has 1 N–H and O–H groups in total. The minimum absolute atomic E-state index is 0.159. The van der Waals surface area contributed by atoms with Gasteiger partial charge in [-0.3, -0.25) is 24.3 Å². The van der Waals surface area contributed by atoms with Crippen LogP contribution in [0.2, 0.25) is 0 Å². The van der Waals surface area contributed by atoms with Crippen molar-refractivity contribution in [2.45, 2.75) is 13.5 Å². The summed E-state index contributed by atoms with van der Waals surface area (Å²) in [6.07, 6.45) is 2.57. The minimum atomic E-state index is -0.522. The molecule has 0 spiro atoms. The third-order valence-electron chi connectivity index (χ3n) is 5.35. The Hall–Kier alpha value is -4.60. The van der Waals surface area contributed by atoms with Gasteiger partial charge >= 0.3 is 0 Å². The topological polar surface area (TPSA) is 129 Å². The fourth-order valence-electron chi connectivity index (χ4n) is 3.90. The van der Waals surface area contributed by atoms with Crippen molar-refractivity contribution in [1.82, 2.24) is 24.3 Å². The molecule has 0 saturated carbocycles. The number of hydrogen-bond donors (Lipinski definition) is 1. The molecule has 0 aliphatic heterocycles. The van der Waals surface area contributed by atoms with E-state index in [0.29, 0.717) is 5.56 Å². The molecule has 158 valence electrons. The van der Waals surface area contributed by atoms with Gasteiger partial charge in [-0.1, -0.05) is 30.3 Å². The highest BCUT2D eigenvalue weighted by Crippen LogP contribution is 2.25. The molecule has 0 saturated heterocycles. The van der Waals surface area contributed by atoms with Gasteiger partial charge in [-0.2, -0.15) is 5.10 Å². The molecule has 0 atom stereocenters. The predicted octanol–water partition coefficient (Wildman–Crippen LogP) is 3.16. The molecule has 2 aromatic carbocycles. The number of rotatable bonds is 5. The molecule has 0 aliphatic rings. The Bertz CT molecular complexity index is 1590. The van der Waals surface area contributed by atoms with Crippen molar-refractivity contribution in [2.24, 2.45) is 0 Å². The van der Waals surface area contributed by atoms with E-state index in [-0.39, 0.29) is 34.7 Å². The number of benzene rings is 2. The molecule has 10 heteroatoms. The van der Waals surface area contributed by atoms with Gasteiger partial charge in [0.05, 0.1) is 17.7 Å². The number of nitro benzene ring substituents is 1. The van der Waals surface area contributed by atoms with Gasteiger partial charge in [0.25, 0.3) is 11.2 Å². The lowest BCUT2D eigenvalue weighted by atomic mass is 10.1. The van der Waals surface area contributed by atoms with E-state index in [4.69, 9.17) is 0 Å². The number of ketones is 1. The van der Waals surface area contributed by atoms with Crippen LogP contribution >= 0.6 is 0 Å². The summed E-state index contributed by atoms with van der Waals surface area (Å²) in [5.41, 5.74) is 1.86. The Labute approximate surface area is 179 Å².